The monoisotopic (exact) mass is 490 g/mol. The Balaban J connectivity index is 1.81. The van der Waals surface area contributed by atoms with Gasteiger partial charge in [0.15, 0.2) is 0 Å². The Hall–Kier alpha value is -3.25. The van der Waals surface area contributed by atoms with E-state index in [-0.39, 0.29) is 11.8 Å². The number of benzene rings is 3. The van der Waals surface area contributed by atoms with Gasteiger partial charge in [-0.05, 0) is 48.2 Å². The maximum absolute atomic E-state index is 13.6. The van der Waals surface area contributed by atoms with Crippen molar-refractivity contribution in [2.45, 2.75) is 38.6 Å². The summed E-state index contributed by atoms with van der Waals surface area (Å²) in [6.45, 7) is 4.84. The van der Waals surface area contributed by atoms with Gasteiger partial charge in [0.05, 0.1) is 12.9 Å². The van der Waals surface area contributed by atoms with Crippen LogP contribution in [0.2, 0.25) is 0 Å². The molecule has 1 atom stereocenters. The number of hydrogen-bond acceptors (Lipinski definition) is 4. The smallest absolute Gasteiger partial charge is 0.243 e. The highest BCUT2D eigenvalue weighted by molar-refractivity contribution is 7.99. The van der Waals surface area contributed by atoms with Gasteiger partial charge in [0.25, 0.3) is 0 Å². The van der Waals surface area contributed by atoms with Crippen LogP contribution in [-0.2, 0) is 28.3 Å². The van der Waals surface area contributed by atoms with E-state index in [0.29, 0.717) is 31.0 Å². The van der Waals surface area contributed by atoms with E-state index < -0.39 is 6.04 Å². The molecule has 0 bridgehead atoms. The average molecular weight is 491 g/mol. The van der Waals surface area contributed by atoms with Crippen molar-refractivity contribution in [2.24, 2.45) is 0 Å². The molecule has 2 amide bonds. The predicted octanol–water partition coefficient (Wildman–Crippen LogP) is 5.01. The first-order valence-electron chi connectivity index (χ1n) is 11.9. The Morgan fingerprint density at radius 3 is 2.29 bits per heavy atom. The van der Waals surface area contributed by atoms with Crippen molar-refractivity contribution in [1.82, 2.24) is 10.2 Å². The number of nitrogens with one attached hydrogen (secondary N) is 1. The van der Waals surface area contributed by atoms with Gasteiger partial charge in [-0.25, -0.2) is 0 Å². The number of nitrogens with zero attached hydrogens (tertiary/aromatic N) is 1. The number of amides is 2. The largest absolute Gasteiger partial charge is 0.497 e. The molecule has 0 aromatic heterocycles. The quantitative estimate of drug-likeness (QED) is 0.388. The Labute approximate surface area is 212 Å². The second-order valence-electron chi connectivity index (χ2n) is 8.39. The Morgan fingerprint density at radius 2 is 1.63 bits per heavy atom. The van der Waals surface area contributed by atoms with Crippen molar-refractivity contribution in [2.75, 3.05) is 19.4 Å². The third-order valence-corrected chi connectivity index (χ3v) is 6.87. The highest BCUT2D eigenvalue weighted by Crippen LogP contribution is 2.21. The van der Waals surface area contributed by atoms with Gasteiger partial charge in [0, 0.05) is 25.3 Å². The lowest BCUT2D eigenvalue weighted by atomic mass is 10.0. The maximum Gasteiger partial charge on any atom is 0.243 e. The molecule has 3 rings (SSSR count). The van der Waals surface area contributed by atoms with Crippen molar-refractivity contribution in [3.63, 3.8) is 0 Å². The minimum Gasteiger partial charge on any atom is -0.497 e. The summed E-state index contributed by atoms with van der Waals surface area (Å²) < 4.78 is 5.22. The standard InChI is InChI=1S/C29H34N2O3S/c1-4-30-29(33)27(18-23-11-6-5-7-12-23)31(19-25-13-9-8-10-22(25)2)28(32)21-35-20-24-14-16-26(34-3)17-15-24/h5-17,27H,4,18-21H2,1-3H3,(H,30,33)/t27-/m0/s1. The van der Waals surface area contributed by atoms with Crippen molar-refractivity contribution in [1.29, 1.82) is 0 Å². The van der Waals surface area contributed by atoms with Gasteiger partial charge in [-0.2, -0.15) is 0 Å². The Bertz CT molecular complexity index is 1090. The number of aryl methyl sites for hydroxylation is 1. The van der Waals surface area contributed by atoms with Crippen LogP contribution in [0.5, 0.6) is 5.75 Å². The van der Waals surface area contributed by atoms with Crippen molar-refractivity contribution in [3.05, 3.63) is 101 Å². The molecule has 0 spiro atoms. The normalized spacial score (nSPS) is 11.5. The number of rotatable bonds is 12. The number of carbonyl (C=O) groups excluding carboxylic acids is 2. The van der Waals surface area contributed by atoms with Crippen LogP contribution in [0.4, 0.5) is 0 Å². The maximum atomic E-state index is 13.6. The summed E-state index contributed by atoms with van der Waals surface area (Å²) in [5.74, 6) is 1.64. The van der Waals surface area contributed by atoms with E-state index in [1.54, 1.807) is 23.8 Å². The van der Waals surface area contributed by atoms with Crippen LogP contribution in [0, 0.1) is 6.92 Å². The lowest BCUT2D eigenvalue weighted by Crippen LogP contribution is -2.51. The zero-order valence-electron chi connectivity index (χ0n) is 20.7. The van der Waals surface area contributed by atoms with Gasteiger partial charge in [0.2, 0.25) is 11.8 Å². The summed E-state index contributed by atoms with van der Waals surface area (Å²) in [7, 11) is 1.64. The average Bonchev–Trinajstić information content (AvgIpc) is 2.88. The fourth-order valence-corrected chi connectivity index (χ4v) is 4.75. The van der Waals surface area contributed by atoms with Crippen molar-refractivity contribution in [3.8, 4) is 5.75 Å². The van der Waals surface area contributed by atoms with Gasteiger partial charge >= 0.3 is 0 Å². The van der Waals surface area contributed by atoms with E-state index in [2.05, 4.69) is 5.32 Å². The second-order valence-corrected chi connectivity index (χ2v) is 9.37. The van der Waals surface area contributed by atoms with Crippen LogP contribution in [0.1, 0.15) is 29.2 Å². The number of methoxy groups -OCH3 is 1. The number of likely N-dealkylation sites (N-methyl/N-ethyl adjacent to an activating group) is 1. The number of hydrogen-bond donors (Lipinski definition) is 1. The molecular formula is C29H34N2O3S. The van der Waals surface area contributed by atoms with Gasteiger partial charge < -0.3 is 15.0 Å². The van der Waals surface area contributed by atoms with E-state index >= 15 is 0 Å². The minimum atomic E-state index is -0.592. The van der Waals surface area contributed by atoms with Crippen molar-refractivity contribution < 1.29 is 14.3 Å². The summed E-state index contributed by atoms with van der Waals surface area (Å²) in [4.78, 5) is 28.5. The van der Waals surface area contributed by atoms with Gasteiger partial charge in [-0.15, -0.1) is 11.8 Å². The highest BCUT2D eigenvalue weighted by atomic mass is 32.2. The molecule has 0 saturated carbocycles. The molecule has 6 heteroatoms. The molecule has 0 radical (unpaired) electrons. The molecule has 3 aromatic carbocycles. The first-order chi connectivity index (χ1) is 17.0. The Morgan fingerprint density at radius 1 is 0.943 bits per heavy atom. The summed E-state index contributed by atoms with van der Waals surface area (Å²) in [5, 5.41) is 2.94. The van der Waals surface area contributed by atoms with Gasteiger partial charge in [0.1, 0.15) is 11.8 Å². The zero-order chi connectivity index (χ0) is 25.0. The molecule has 3 aromatic rings. The topological polar surface area (TPSA) is 58.6 Å². The third-order valence-electron chi connectivity index (χ3n) is 5.88. The van der Waals surface area contributed by atoms with Gasteiger partial charge in [-0.1, -0.05) is 66.7 Å². The molecule has 0 saturated heterocycles. The molecule has 1 N–H and O–H groups in total. The summed E-state index contributed by atoms with van der Waals surface area (Å²) in [6, 6.07) is 25.2. The molecule has 0 unspecified atom stereocenters. The van der Waals surface area contributed by atoms with E-state index in [4.69, 9.17) is 4.74 Å². The summed E-state index contributed by atoms with van der Waals surface area (Å²) in [5.41, 5.74) is 4.30. The molecule has 5 nitrogen and oxygen atoms in total. The van der Waals surface area contributed by atoms with Crippen LogP contribution in [0.3, 0.4) is 0 Å². The number of carbonyl (C=O) groups is 2. The lowest BCUT2D eigenvalue weighted by molar-refractivity contribution is -0.139. The Kier molecular flexibility index (Phi) is 10.2. The van der Waals surface area contributed by atoms with Crippen LogP contribution < -0.4 is 10.1 Å². The number of thioether (sulfide) groups is 1. The molecule has 35 heavy (non-hydrogen) atoms. The molecule has 0 fully saturated rings. The van der Waals surface area contributed by atoms with Crippen LogP contribution in [0.15, 0.2) is 78.9 Å². The van der Waals surface area contributed by atoms with E-state index in [0.717, 1.165) is 28.0 Å². The molecular weight excluding hydrogens is 456 g/mol. The molecule has 0 aliphatic rings. The van der Waals surface area contributed by atoms with E-state index in [1.165, 1.54) is 0 Å². The molecule has 0 aliphatic heterocycles. The summed E-state index contributed by atoms with van der Waals surface area (Å²) >= 11 is 1.56. The van der Waals surface area contributed by atoms with E-state index in [9.17, 15) is 9.59 Å². The first kappa shape index (κ1) is 26.4. The fraction of sp³-hybridized carbons (Fsp3) is 0.310. The van der Waals surface area contributed by atoms with Crippen LogP contribution >= 0.6 is 11.8 Å². The highest BCUT2D eigenvalue weighted by Gasteiger charge is 2.30. The van der Waals surface area contributed by atoms with Gasteiger partial charge in [-0.3, -0.25) is 9.59 Å². The molecule has 0 aliphatic carbocycles. The molecule has 184 valence electrons. The number of ether oxygens (including phenoxy) is 1. The lowest BCUT2D eigenvalue weighted by Gasteiger charge is -2.32. The van der Waals surface area contributed by atoms with Crippen molar-refractivity contribution >= 4 is 23.6 Å². The third kappa shape index (κ3) is 7.89. The first-order valence-corrected chi connectivity index (χ1v) is 13.0. The van der Waals surface area contributed by atoms with Crippen LogP contribution in [-0.4, -0.2) is 42.2 Å². The fourth-order valence-electron chi connectivity index (χ4n) is 3.88. The predicted molar refractivity (Wildman–Crippen MR) is 144 cm³/mol. The zero-order valence-corrected chi connectivity index (χ0v) is 21.5. The summed E-state index contributed by atoms with van der Waals surface area (Å²) in [6.07, 6.45) is 0.466. The van der Waals surface area contributed by atoms with E-state index in [1.807, 2.05) is 92.7 Å². The second kappa shape index (κ2) is 13.6. The van der Waals surface area contributed by atoms with Crippen LogP contribution in [0.25, 0.3) is 0 Å². The molecule has 0 heterocycles. The minimum absolute atomic E-state index is 0.0426. The SMILES string of the molecule is CCNC(=O)[C@H](Cc1ccccc1)N(Cc1ccccc1C)C(=O)CSCc1ccc(OC)cc1.